The van der Waals surface area contributed by atoms with Crippen LogP contribution >= 0.6 is 11.3 Å². The van der Waals surface area contributed by atoms with Gasteiger partial charge in [0.15, 0.2) is 5.13 Å². The molecule has 0 bridgehead atoms. The summed E-state index contributed by atoms with van der Waals surface area (Å²) >= 11 is 1.73. The average Bonchev–Trinajstić information content (AvgIpc) is 3.08. The van der Waals surface area contributed by atoms with Crippen molar-refractivity contribution in [2.45, 2.75) is 52.1 Å². The highest BCUT2D eigenvalue weighted by atomic mass is 32.1. The van der Waals surface area contributed by atoms with E-state index in [1.54, 1.807) is 22.3 Å². The zero-order valence-corrected chi connectivity index (χ0v) is 19.0. The molecule has 0 saturated heterocycles. The largest absolute Gasteiger partial charge is 0.392 e. The van der Waals surface area contributed by atoms with Crippen LogP contribution in [-0.4, -0.2) is 47.1 Å². The minimum atomic E-state index is -0.501. The van der Waals surface area contributed by atoms with Crippen LogP contribution in [0.3, 0.4) is 0 Å². The van der Waals surface area contributed by atoms with E-state index in [4.69, 9.17) is 4.98 Å². The van der Waals surface area contributed by atoms with Gasteiger partial charge in [0.2, 0.25) is 5.91 Å². The number of aromatic nitrogens is 1. The molecule has 3 rings (SSSR count). The number of hydrogen-bond donors (Lipinski definition) is 2. The van der Waals surface area contributed by atoms with Gasteiger partial charge in [-0.3, -0.25) is 4.79 Å². The highest BCUT2D eigenvalue weighted by Gasteiger charge is 2.54. The maximum absolute atomic E-state index is 12.8. The van der Waals surface area contributed by atoms with Gasteiger partial charge in [0, 0.05) is 36.9 Å². The second kappa shape index (κ2) is 8.60. The van der Waals surface area contributed by atoms with E-state index >= 15 is 0 Å². The van der Waals surface area contributed by atoms with Gasteiger partial charge in [-0.05, 0) is 36.5 Å². The number of rotatable bonds is 7. The summed E-state index contributed by atoms with van der Waals surface area (Å²) in [6.45, 7) is 15.2. The molecular formula is C23H35N3O2S. The summed E-state index contributed by atoms with van der Waals surface area (Å²) in [7, 11) is 1.81. The van der Waals surface area contributed by atoms with Crippen molar-refractivity contribution in [3.05, 3.63) is 35.9 Å². The average molecular weight is 418 g/mol. The molecule has 1 heterocycles. The molecule has 0 unspecified atom stereocenters. The first-order valence-electron chi connectivity index (χ1n) is 10.6. The monoisotopic (exact) mass is 417 g/mol. The van der Waals surface area contributed by atoms with Gasteiger partial charge < -0.3 is 15.3 Å². The first-order valence-corrected chi connectivity index (χ1v) is 11.4. The third-order valence-electron chi connectivity index (χ3n) is 7.13. The lowest BCUT2D eigenvalue weighted by Crippen LogP contribution is -2.53. The SMILES string of the molecule is C=CCNc1nc2c(s1)C[C@]1(C)CC[C@@H]([C@H](C)C(=O)N(C)CC=C)[C@H](O)[C@H]1[C@@H]2C. The number of aliphatic hydroxyl groups is 1. The normalized spacial score (nSPS) is 31.9. The number of thiazole rings is 1. The third kappa shape index (κ3) is 4.02. The maximum Gasteiger partial charge on any atom is 0.225 e. The zero-order chi connectivity index (χ0) is 21.3. The Kier molecular flexibility index (Phi) is 6.54. The number of fused-ring (bicyclic) bond motifs is 2. The molecule has 0 aromatic carbocycles. The van der Waals surface area contributed by atoms with Gasteiger partial charge in [0.25, 0.3) is 0 Å². The standard InChI is InChI=1S/C23H35N3O2S/c1-7-11-24-22-25-19-15(4)18-20(27)16(14(3)21(28)26(6)12-8-2)9-10-23(18,5)13-17(19)29-22/h7-8,14-16,18,20,27H,1-2,9-13H2,3-6H3,(H,24,25)/t14-,15-,16-,18+,20-,23-/m0/s1. The topological polar surface area (TPSA) is 65.5 Å². The van der Waals surface area contributed by atoms with Gasteiger partial charge in [-0.15, -0.1) is 24.5 Å². The quantitative estimate of drug-likeness (QED) is 0.656. The second-order valence-electron chi connectivity index (χ2n) is 9.13. The summed E-state index contributed by atoms with van der Waals surface area (Å²) in [6, 6.07) is 0. The Balaban J connectivity index is 1.84. The molecule has 1 fully saturated rings. The number of nitrogens with zero attached hydrogens (tertiary/aromatic N) is 2. The molecule has 160 valence electrons. The van der Waals surface area contributed by atoms with E-state index < -0.39 is 6.10 Å². The molecule has 1 aromatic heterocycles. The van der Waals surface area contributed by atoms with Crippen LogP contribution in [0.2, 0.25) is 0 Å². The predicted molar refractivity (Wildman–Crippen MR) is 120 cm³/mol. The van der Waals surface area contributed by atoms with Gasteiger partial charge in [-0.1, -0.05) is 32.9 Å². The van der Waals surface area contributed by atoms with Crippen molar-refractivity contribution in [2.75, 3.05) is 25.5 Å². The first-order chi connectivity index (χ1) is 13.7. The van der Waals surface area contributed by atoms with Gasteiger partial charge in [0.1, 0.15) is 0 Å². The van der Waals surface area contributed by atoms with E-state index in [0.717, 1.165) is 30.1 Å². The molecule has 6 atom stereocenters. The number of amides is 1. The lowest BCUT2D eigenvalue weighted by Gasteiger charge is -2.53. The molecular weight excluding hydrogens is 382 g/mol. The Labute approximate surface area is 178 Å². The number of anilines is 1. The Bertz CT molecular complexity index is 776. The van der Waals surface area contributed by atoms with Crippen LogP contribution < -0.4 is 5.32 Å². The highest BCUT2D eigenvalue weighted by molar-refractivity contribution is 7.15. The lowest BCUT2D eigenvalue weighted by molar-refractivity contribution is -0.143. The molecule has 5 nitrogen and oxygen atoms in total. The number of likely N-dealkylation sites (N-methyl/N-ethyl adjacent to an activating group) is 1. The zero-order valence-electron chi connectivity index (χ0n) is 18.1. The van der Waals surface area contributed by atoms with Crippen LogP contribution in [0.4, 0.5) is 5.13 Å². The Hall–Kier alpha value is -1.66. The van der Waals surface area contributed by atoms with Gasteiger partial charge in [-0.25, -0.2) is 4.98 Å². The van der Waals surface area contributed by atoms with E-state index in [2.05, 4.69) is 32.3 Å². The van der Waals surface area contributed by atoms with Crippen molar-refractivity contribution in [1.29, 1.82) is 0 Å². The number of nitrogens with one attached hydrogen (secondary N) is 1. The van der Waals surface area contributed by atoms with Gasteiger partial charge in [-0.2, -0.15) is 0 Å². The van der Waals surface area contributed by atoms with Gasteiger partial charge >= 0.3 is 0 Å². The fraction of sp³-hybridized carbons (Fsp3) is 0.652. The summed E-state index contributed by atoms with van der Waals surface area (Å²) < 4.78 is 0. The minimum absolute atomic E-state index is 0.0196. The van der Waals surface area contributed by atoms with Crippen LogP contribution in [-0.2, 0) is 11.2 Å². The number of hydrogen-bond acceptors (Lipinski definition) is 5. The van der Waals surface area contributed by atoms with Crippen molar-refractivity contribution >= 4 is 22.4 Å². The highest BCUT2D eigenvalue weighted by Crippen LogP contribution is 2.57. The molecule has 2 aliphatic rings. The van der Waals surface area contributed by atoms with Gasteiger partial charge in [0.05, 0.1) is 11.8 Å². The lowest BCUT2D eigenvalue weighted by atomic mass is 9.53. The summed E-state index contributed by atoms with van der Waals surface area (Å²) in [6.07, 6.45) is 5.93. The molecule has 1 aromatic rings. The molecule has 2 aliphatic carbocycles. The molecule has 2 N–H and O–H groups in total. The minimum Gasteiger partial charge on any atom is -0.392 e. The van der Waals surface area contributed by atoms with Crippen LogP contribution in [0, 0.1) is 23.2 Å². The third-order valence-corrected chi connectivity index (χ3v) is 8.16. The van der Waals surface area contributed by atoms with Crippen molar-refractivity contribution in [3.63, 3.8) is 0 Å². The summed E-state index contributed by atoms with van der Waals surface area (Å²) in [5, 5.41) is 15.7. The molecule has 0 radical (unpaired) electrons. The van der Waals surface area contributed by atoms with Crippen molar-refractivity contribution in [2.24, 2.45) is 23.2 Å². The predicted octanol–water partition coefficient (Wildman–Crippen LogP) is 4.07. The maximum atomic E-state index is 12.8. The smallest absolute Gasteiger partial charge is 0.225 e. The van der Waals surface area contributed by atoms with E-state index in [9.17, 15) is 9.90 Å². The summed E-state index contributed by atoms with van der Waals surface area (Å²) in [5.74, 6) is 0.154. The first kappa shape index (κ1) is 22.0. The Morgan fingerprint density at radius 2 is 2.21 bits per heavy atom. The Morgan fingerprint density at radius 1 is 1.48 bits per heavy atom. The molecule has 6 heteroatoms. The van der Waals surface area contributed by atoms with Crippen LogP contribution in [0.25, 0.3) is 0 Å². The molecule has 0 spiro atoms. The van der Waals surface area contributed by atoms with Crippen molar-refractivity contribution < 1.29 is 9.90 Å². The van der Waals surface area contributed by atoms with Crippen LogP contribution in [0.5, 0.6) is 0 Å². The van der Waals surface area contributed by atoms with Crippen molar-refractivity contribution in [1.82, 2.24) is 9.88 Å². The van der Waals surface area contributed by atoms with E-state index in [0.29, 0.717) is 13.1 Å². The van der Waals surface area contributed by atoms with E-state index in [1.165, 1.54) is 4.88 Å². The molecule has 0 aliphatic heterocycles. The van der Waals surface area contributed by atoms with Crippen molar-refractivity contribution in [3.8, 4) is 0 Å². The van der Waals surface area contributed by atoms with E-state index in [1.807, 2.05) is 20.0 Å². The fourth-order valence-electron chi connectivity index (χ4n) is 5.60. The van der Waals surface area contributed by atoms with Crippen LogP contribution in [0.1, 0.15) is 50.1 Å². The van der Waals surface area contributed by atoms with E-state index in [-0.39, 0.29) is 35.0 Å². The summed E-state index contributed by atoms with van der Waals surface area (Å²) in [5.41, 5.74) is 1.16. The van der Waals surface area contributed by atoms with Crippen LogP contribution in [0.15, 0.2) is 25.3 Å². The summed E-state index contributed by atoms with van der Waals surface area (Å²) in [4.78, 5) is 20.7. The molecule has 1 amide bonds. The number of carbonyl (C=O) groups is 1. The second-order valence-corrected chi connectivity index (χ2v) is 10.2. The number of aliphatic hydroxyl groups excluding tert-OH is 1. The molecule has 1 saturated carbocycles. The fourth-order valence-corrected chi connectivity index (χ4v) is 6.87. The molecule has 29 heavy (non-hydrogen) atoms. The Morgan fingerprint density at radius 3 is 2.86 bits per heavy atom. The number of carbonyl (C=O) groups excluding carboxylic acids is 1.